The van der Waals surface area contributed by atoms with E-state index < -0.39 is 0 Å². The number of Topliss-reactive ketones (excluding diaryl/α,β-unsaturated/α-hetero) is 1. The molecule has 0 N–H and O–H groups in total. The van der Waals surface area contributed by atoms with Crippen LogP contribution in [0.1, 0.15) is 33.6 Å². The zero-order valence-corrected chi connectivity index (χ0v) is 7.55. The first-order valence-electron chi connectivity index (χ1n) is 4.34. The Morgan fingerprint density at radius 1 is 1.45 bits per heavy atom. The van der Waals surface area contributed by atoms with Gasteiger partial charge in [-0.25, -0.2) is 0 Å². The highest BCUT2D eigenvalue weighted by Crippen LogP contribution is 2.29. The Labute approximate surface area is 68.5 Å². The summed E-state index contributed by atoms with van der Waals surface area (Å²) in [7, 11) is 0. The Bertz CT molecular complexity index is 191. The third-order valence-corrected chi connectivity index (χ3v) is 2.45. The van der Waals surface area contributed by atoms with E-state index in [9.17, 15) is 4.79 Å². The molecule has 1 rings (SSSR count). The van der Waals surface area contributed by atoms with Crippen LogP contribution in [0.25, 0.3) is 0 Å². The number of carbonyl (C=O) groups excluding carboxylic acids is 1. The Morgan fingerprint density at radius 2 is 2.09 bits per heavy atom. The molecule has 1 heteroatoms. The normalized spacial score (nSPS) is 36.3. The van der Waals surface area contributed by atoms with Crippen LogP contribution in [0.4, 0.5) is 0 Å². The van der Waals surface area contributed by atoms with E-state index in [0.717, 1.165) is 12.0 Å². The first-order valence-corrected chi connectivity index (χ1v) is 4.34. The van der Waals surface area contributed by atoms with E-state index in [1.165, 1.54) is 6.42 Å². The molecular weight excluding hydrogens is 136 g/mol. The molecule has 0 amide bonds. The summed E-state index contributed by atoms with van der Waals surface area (Å²) in [5, 5.41) is 0. The van der Waals surface area contributed by atoms with Crippen molar-refractivity contribution in [3.63, 3.8) is 0 Å². The van der Waals surface area contributed by atoms with Crippen molar-refractivity contribution in [2.45, 2.75) is 33.6 Å². The van der Waals surface area contributed by atoms with Gasteiger partial charge in [0.25, 0.3) is 0 Å². The molecule has 0 heterocycles. The van der Waals surface area contributed by atoms with E-state index >= 15 is 0 Å². The van der Waals surface area contributed by atoms with E-state index in [1.807, 2.05) is 13.0 Å². The van der Waals surface area contributed by atoms with E-state index in [4.69, 9.17) is 0 Å². The molecule has 0 aliphatic heterocycles. The van der Waals surface area contributed by atoms with Crippen molar-refractivity contribution in [3.8, 4) is 0 Å². The van der Waals surface area contributed by atoms with Gasteiger partial charge < -0.3 is 0 Å². The van der Waals surface area contributed by atoms with E-state index in [2.05, 4.69) is 13.8 Å². The fraction of sp³-hybridized carbons (Fsp3) is 0.700. The smallest absolute Gasteiger partial charge is 0.159 e. The third-order valence-electron chi connectivity index (χ3n) is 2.45. The van der Waals surface area contributed by atoms with Crippen LogP contribution < -0.4 is 0 Å². The summed E-state index contributed by atoms with van der Waals surface area (Å²) < 4.78 is 0. The van der Waals surface area contributed by atoms with Crippen molar-refractivity contribution < 1.29 is 4.79 Å². The number of hydrogen-bond donors (Lipinski definition) is 0. The SMILES string of the molecule is C/C=C1/C(=O)C[C@H](C)C[C@H]1C. The summed E-state index contributed by atoms with van der Waals surface area (Å²) in [4.78, 5) is 11.4. The molecule has 0 unspecified atom stereocenters. The molecule has 2 atom stereocenters. The van der Waals surface area contributed by atoms with Gasteiger partial charge in [-0.3, -0.25) is 4.79 Å². The highest BCUT2D eigenvalue weighted by atomic mass is 16.1. The molecule has 11 heavy (non-hydrogen) atoms. The molecule has 0 aromatic carbocycles. The fourth-order valence-electron chi connectivity index (χ4n) is 1.97. The van der Waals surface area contributed by atoms with E-state index in [1.54, 1.807) is 0 Å². The lowest BCUT2D eigenvalue weighted by molar-refractivity contribution is -0.118. The topological polar surface area (TPSA) is 17.1 Å². The third kappa shape index (κ3) is 1.70. The monoisotopic (exact) mass is 152 g/mol. The molecule has 1 aliphatic rings. The number of ketones is 1. The Morgan fingerprint density at radius 3 is 2.55 bits per heavy atom. The minimum atomic E-state index is 0.360. The predicted octanol–water partition coefficient (Wildman–Crippen LogP) is 2.57. The zero-order chi connectivity index (χ0) is 8.43. The Balaban J connectivity index is 2.75. The summed E-state index contributed by atoms with van der Waals surface area (Å²) in [6.07, 6.45) is 3.90. The van der Waals surface area contributed by atoms with Gasteiger partial charge in [-0.2, -0.15) is 0 Å². The lowest BCUT2D eigenvalue weighted by Gasteiger charge is -2.25. The van der Waals surface area contributed by atoms with Crippen molar-refractivity contribution in [3.05, 3.63) is 11.6 Å². The van der Waals surface area contributed by atoms with Crippen LogP contribution in [0.5, 0.6) is 0 Å². The molecule has 1 saturated carbocycles. The van der Waals surface area contributed by atoms with Crippen LogP contribution in [-0.2, 0) is 4.79 Å². The minimum Gasteiger partial charge on any atom is -0.295 e. The summed E-state index contributed by atoms with van der Waals surface area (Å²) in [5.41, 5.74) is 1.04. The molecule has 0 aromatic heterocycles. The van der Waals surface area contributed by atoms with Gasteiger partial charge in [-0.15, -0.1) is 0 Å². The number of allylic oxidation sites excluding steroid dienone is 2. The minimum absolute atomic E-state index is 0.360. The van der Waals surface area contributed by atoms with Crippen molar-refractivity contribution >= 4 is 5.78 Å². The van der Waals surface area contributed by atoms with Crippen molar-refractivity contribution in [2.24, 2.45) is 11.8 Å². The second kappa shape index (κ2) is 3.21. The molecule has 0 bridgehead atoms. The van der Waals surface area contributed by atoms with Crippen LogP contribution in [0, 0.1) is 11.8 Å². The van der Waals surface area contributed by atoms with Crippen molar-refractivity contribution in [1.29, 1.82) is 0 Å². The molecule has 1 aliphatic carbocycles. The van der Waals surface area contributed by atoms with E-state index in [0.29, 0.717) is 17.6 Å². The molecular formula is C10H16O. The Hall–Kier alpha value is -0.590. The summed E-state index contributed by atoms with van der Waals surface area (Å²) >= 11 is 0. The predicted molar refractivity (Wildman–Crippen MR) is 46.3 cm³/mol. The number of rotatable bonds is 0. The average Bonchev–Trinajstić information content (AvgIpc) is 1.85. The number of hydrogen-bond acceptors (Lipinski definition) is 1. The van der Waals surface area contributed by atoms with Crippen LogP contribution in [0.15, 0.2) is 11.6 Å². The van der Waals surface area contributed by atoms with Gasteiger partial charge in [0.05, 0.1) is 0 Å². The van der Waals surface area contributed by atoms with Gasteiger partial charge in [-0.1, -0.05) is 19.9 Å². The molecule has 1 fully saturated rings. The van der Waals surface area contributed by atoms with Gasteiger partial charge >= 0.3 is 0 Å². The fourth-order valence-corrected chi connectivity index (χ4v) is 1.97. The molecule has 0 spiro atoms. The van der Waals surface area contributed by atoms with Crippen LogP contribution in [0.3, 0.4) is 0 Å². The summed E-state index contributed by atoms with van der Waals surface area (Å²) in [6.45, 7) is 6.25. The van der Waals surface area contributed by atoms with Gasteiger partial charge in [0.2, 0.25) is 0 Å². The summed E-state index contributed by atoms with van der Waals surface area (Å²) in [5.74, 6) is 1.43. The first kappa shape index (κ1) is 8.51. The van der Waals surface area contributed by atoms with Gasteiger partial charge in [0.1, 0.15) is 0 Å². The first-order chi connectivity index (χ1) is 5.15. The van der Waals surface area contributed by atoms with Crippen LogP contribution in [-0.4, -0.2) is 5.78 Å². The van der Waals surface area contributed by atoms with E-state index in [-0.39, 0.29) is 0 Å². The molecule has 62 valence electrons. The molecule has 0 saturated heterocycles. The average molecular weight is 152 g/mol. The molecule has 0 aromatic rings. The highest BCUT2D eigenvalue weighted by molar-refractivity contribution is 5.96. The zero-order valence-electron chi connectivity index (χ0n) is 7.55. The maximum absolute atomic E-state index is 11.4. The lowest BCUT2D eigenvalue weighted by atomic mass is 9.79. The molecule has 1 nitrogen and oxygen atoms in total. The van der Waals surface area contributed by atoms with Gasteiger partial charge in [0.15, 0.2) is 5.78 Å². The Kier molecular flexibility index (Phi) is 2.48. The molecule has 0 radical (unpaired) electrons. The standard InChI is InChI=1S/C10H16O/c1-4-9-8(3)5-7(2)6-10(9)11/h4,7-8H,5-6H2,1-3H3/b9-4+/t7-,8-/m1/s1. The maximum Gasteiger partial charge on any atom is 0.159 e. The van der Waals surface area contributed by atoms with Gasteiger partial charge in [0, 0.05) is 6.42 Å². The lowest BCUT2D eigenvalue weighted by Crippen LogP contribution is -2.22. The quantitative estimate of drug-likeness (QED) is 0.487. The highest BCUT2D eigenvalue weighted by Gasteiger charge is 2.25. The summed E-state index contributed by atoms with van der Waals surface area (Å²) in [6, 6.07) is 0. The van der Waals surface area contributed by atoms with Gasteiger partial charge in [-0.05, 0) is 30.8 Å². The second-order valence-electron chi connectivity index (χ2n) is 3.61. The van der Waals surface area contributed by atoms with Crippen LogP contribution in [0.2, 0.25) is 0 Å². The van der Waals surface area contributed by atoms with Crippen LogP contribution >= 0.6 is 0 Å². The maximum atomic E-state index is 11.4. The van der Waals surface area contributed by atoms with Crippen molar-refractivity contribution in [2.75, 3.05) is 0 Å². The second-order valence-corrected chi connectivity index (χ2v) is 3.61. The van der Waals surface area contributed by atoms with Crippen molar-refractivity contribution in [1.82, 2.24) is 0 Å². The number of carbonyl (C=O) groups is 1. The largest absolute Gasteiger partial charge is 0.295 e.